The third-order valence-electron chi connectivity index (χ3n) is 1.98. The van der Waals surface area contributed by atoms with E-state index in [4.69, 9.17) is 12.2 Å². The monoisotopic (exact) mass is 270 g/mol. The van der Waals surface area contributed by atoms with Crippen molar-refractivity contribution in [1.29, 1.82) is 0 Å². The summed E-state index contributed by atoms with van der Waals surface area (Å²) in [6.45, 7) is 1.97. The Hall–Kier alpha value is -1.40. The number of rotatable bonds is 3. The second kappa shape index (κ2) is 5.79. The Morgan fingerprint density at radius 3 is 2.41 bits per heavy atom. The van der Waals surface area contributed by atoms with Crippen LogP contribution in [0.15, 0.2) is 29.7 Å². The van der Waals surface area contributed by atoms with Gasteiger partial charge in [0.2, 0.25) is 0 Å². The molecule has 0 spiro atoms. The highest BCUT2D eigenvalue weighted by molar-refractivity contribution is 7.94. The topological polar surface area (TPSA) is 58.2 Å². The Balaban J connectivity index is 2.76. The van der Waals surface area contributed by atoms with Crippen LogP contribution in [0.5, 0.6) is 0 Å². The third-order valence-corrected chi connectivity index (χ3v) is 3.40. The Morgan fingerprint density at radius 1 is 1.29 bits per heavy atom. The SMILES string of the molecule is CNC(=S)NS(=O)(=O)/C=C/c1ccc(C)cc1. The average Bonchev–Trinajstić information content (AvgIpc) is 2.28. The minimum atomic E-state index is -3.54. The van der Waals surface area contributed by atoms with Crippen LogP contribution >= 0.6 is 12.2 Å². The summed E-state index contributed by atoms with van der Waals surface area (Å²) >= 11 is 4.72. The van der Waals surface area contributed by atoms with Crippen LogP contribution in [0.25, 0.3) is 6.08 Å². The maximum atomic E-state index is 11.5. The van der Waals surface area contributed by atoms with Gasteiger partial charge in [-0.05, 0) is 30.8 Å². The summed E-state index contributed by atoms with van der Waals surface area (Å²) < 4.78 is 25.2. The minimum Gasteiger partial charge on any atom is -0.365 e. The first-order valence-electron chi connectivity index (χ1n) is 4.92. The van der Waals surface area contributed by atoms with E-state index in [1.54, 1.807) is 7.05 Å². The zero-order valence-corrected chi connectivity index (χ0v) is 11.2. The van der Waals surface area contributed by atoms with Crippen LogP contribution in [0.2, 0.25) is 0 Å². The van der Waals surface area contributed by atoms with Crippen LogP contribution in [-0.4, -0.2) is 20.6 Å². The van der Waals surface area contributed by atoms with Crippen molar-refractivity contribution in [3.05, 3.63) is 40.8 Å². The van der Waals surface area contributed by atoms with Crippen LogP contribution in [0.4, 0.5) is 0 Å². The van der Waals surface area contributed by atoms with E-state index in [1.165, 1.54) is 6.08 Å². The molecule has 0 aliphatic carbocycles. The summed E-state index contributed by atoms with van der Waals surface area (Å²) in [5.41, 5.74) is 1.94. The number of hydrogen-bond acceptors (Lipinski definition) is 3. The van der Waals surface area contributed by atoms with Gasteiger partial charge in [-0.2, -0.15) is 0 Å². The summed E-state index contributed by atoms with van der Waals surface area (Å²) in [5, 5.41) is 3.69. The highest BCUT2D eigenvalue weighted by Crippen LogP contribution is 2.05. The Morgan fingerprint density at radius 2 is 1.88 bits per heavy atom. The van der Waals surface area contributed by atoms with Gasteiger partial charge < -0.3 is 5.32 Å². The zero-order valence-electron chi connectivity index (χ0n) is 9.60. The summed E-state index contributed by atoms with van der Waals surface area (Å²) in [6, 6.07) is 7.52. The van der Waals surface area contributed by atoms with Crippen molar-refractivity contribution in [3.63, 3.8) is 0 Å². The van der Waals surface area contributed by atoms with Crippen molar-refractivity contribution >= 4 is 33.4 Å². The Labute approximate surface area is 107 Å². The molecule has 6 heteroatoms. The lowest BCUT2D eigenvalue weighted by Gasteiger charge is -2.04. The molecule has 0 amide bonds. The number of hydrogen-bond donors (Lipinski definition) is 2. The van der Waals surface area contributed by atoms with E-state index in [2.05, 4.69) is 10.0 Å². The molecule has 0 atom stereocenters. The molecule has 4 nitrogen and oxygen atoms in total. The van der Waals surface area contributed by atoms with Gasteiger partial charge in [-0.1, -0.05) is 29.8 Å². The summed E-state index contributed by atoms with van der Waals surface area (Å²) in [5.74, 6) is 0. The zero-order chi connectivity index (χ0) is 12.9. The van der Waals surface area contributed by atoms with Gasteiger partial charge in [0, 0.05) is 7.05 Å². The molecular weight excluding hydrogens is 256 g/mol. The third kappa shape index (κ3) is 4.97. The van der Waals surface area contributed by atoms with Gasteiger partial charge in [-0.15, -0.1) is 0 Å². The molecule has 0 radical (unpaired) electrons. The van der Waals surface area contributed by atoms with Crippen LogP contribution in [0.1, 0.15) is 11.1 Å². The van der Waals surface area contributed by atoms with Gasteiger partial charge >= 0.3 is 0 Å². The van der Waals surface area contributed by atoms with E-state index in [1.807, 2.05) is 31.2 Å². The number of thiocarbonyl (C=S) groups is 1. The fourth-order valence-electron chi connectivity index (χ4n) is 1.06. The van der Waals surface area contributed by atoms with Crippen molar-refractivity contribution in [2.24, 2.45) is 0 Å². The second-order valence-electron chi connectivity index (χ2n) is 3.44. The molecule has 1 aromatic rings. The van der Waals surface area contributed by atoms with E-state index in [-0.39, 0.29) is 5.11 Å². The van der Waals surface area contributed by atoms with Gasteiger partial charge in [0.1, 0.15) is 0 Å². The maximum Gasteiger partial charge on any atom is 0.256 e. The van der Waals surface area contributed by atoms with Gasteiger partial charge in [0.15, 0.2) is 5.11 Å². The molecule has 1 aromatic carbocycles. The molecule has 92 valence electrons. The molecule has 0 bridgehead atoms. The molecule has 1 rings (SSSR count). The maximum absolute atomic E-state index is 11.5. The van der Waals surface area contributed by atoms with E-state index >= 15 is 0 Å². The van der Waals surface area contributed by atoms with Crippen LogP contribution in [0, 0.1) is 6.92 Å². The van der Waals surface area contributed by atoms with E-state index in [9.17, 15) is 8.42 Å². The Kier molecular flexibility index (Phi) is 4.65. The van der Waals surface area contributed by atoms with Crippen molar-refractivity contribution in [3.8, 4) is 0 Å². The predicted molar refractivity (Wildman–Crippen MR) is 73.9 cm³/mol. The number of benzene rings is 1. The van der Waals surface area contributed by atoms with Gasteiger partial charge in [0.25, 0.3) is 10.0 Å². The van der Waals surface area contributed by atoms with Gasteiger partial charge in [-0.3, -0.25) is 4.72 Å². The second-order valence-corrected chi connectivity index (χ2v) is 5.41. The van der Waals surface area contributed by atoms with Crippen molar-refractivity contribution in [2.45, 2.75) is 6.92 Å². The lowest BCUT2D eigenvalue weighted by Crippen LogP contribution is -2.35. The molecule has 0 saturated carbocycles. The highest BCUT2D eigenvalue weighted by Gasteiger charge is 2.05. The highest BCUT2D eigenvalue weighted by atomic mass is 32.2. The van der Waals surface area contributed by atoms with Crippen molar-refractivity contribution < 1.29 is 8.42 Å². The molecule has 0 aliphatic rings. The van der Waals surface area contributed by atoms with Crippen LogP contribution in [0.3, 0.4) is 0 Å². The fraction of sp³-hybridized carbons (Fsp3) is 0.182. The van der Waals surface area contributed by atoms with Crippen LogP contribution < -0.4 is 10.0 Å². The minimum absolute atomic E-state index is 0.0681. The number of sulfonamides is 1. The van der Waals surface area contributed by atoms with Gasteiger partial charge in [0.05, 0.1) is 5.41 Å². The lowest BCUT2D eigenvalue weighted by atomic mass is 10.2. The fourth-order valence-corrected chi connectivity index (χ4v) is 2.17. The first-order chi connectivity index (χ1) is 7.93. The van der Waals surface area contributed by atoms with Crippen LogP contribution in [-0.2, 0) is 10.0 Å². The first-order valence-corrected chi connectivity index (χ1v) is 6.88. The average molecular weight is 270 g/mol. The standard InChI is InChI=1S/C11H14N2O2S2/c1-9-3-5-10(6-4-9)7-8-17(14,15)13-11(16)12-2/h3-8H,1-2H3,(H2,12,13,16)/b8-7+. The molecule has 0 fully saturated rings. The quantitative estimate of drug-likeness (QED) is 0.815. The van der Waals surface area contributed by atoms with E-state index in [0.29, 0.717) is 0 Å². The molecular formula is C11H14N2O2S2. The summed E-state index contributed by atoms with van der Waals surface area (Å²) in [7, 11) is -1.99. The number of aryl methyl sites for hydroxylation is 1. The first kappa shape index (κ1) is 13.7. The van der Waals surface area contributed by atoms with Crippen molar-refractivity contribution in [2.75, 3.05) is 7.05 Å². The summed E-state index contributed by atoms with van der Waals surface area (Å²) in [4.78, 5) is 0. The summed E-state index contributed by atoms with van der Waals surface area (Å²) in [6.07, 6.45) is 1.51. The molecule has 2 N–H and O–H groups in total. The van der Waals surface area contributed by atoms with Gasteiger partial charge in [-0.25, -0.2) is 8.42 Å². The van der Waals surface area contributed by atoms with E-state index < -0.39 is 10.0 Å². The van der Waals surface area contributed by atoms with E-state index in [0.717, 1.165) is 16.5 Å². The Bertz CT molecular complexity index is 519. The molecule has 0 unspecified atom stereocenters. The predicted octanol–water partition coefficient (Wildman–Crippen LogP) is 1.39. The lowest BCUT2D eigenvalue weighted by molar-refractivity contribution is 0.601. The molecule has 0 heterocycles. The van der Waals surface area contributed by atoms with Crippen molar-refractivity contribution in [1.82, 2.24) is 10.0 Å². The molecule has 0 saturated heterocycles. The molecule has 0 aliphatic heterocycles. The molecule has 17 heavy (non-hydrogen) atoms. The largest absolute Gasteiger partial charge is 0.365 e. The number of nitrogens with one attached hydrogen (secondary N) is 2. The molecule has 0 aromatic heterocycles. The normalized spacial score (nSPS) is 11.4. The smallest absolute Gasteiger partial charge is 0.256 e.